The number of hydrogen-bond acceptors (Lipinski definition) is 7. The molecule has 1 N–H and O–H groups in total. The fourth-order valence-corrected chi connectivity index (χ4v) is 1.91. The van der Waals surface area contributed by atoms with Crippen LogP contribution in [0, 0.1) is 0 Å². The lowest BCUT2D eigenvalue weighted by molar-refractivity contribution is -0.150. The highest BCUT2D eigenvalue weighted by atomic mass is 16.5. The van der Waals surface area contributed by atoms with Crippen LogP contribution in [0.1, 0.15) is 58.2 Å². The van der Waals surface area contributed by atoms with E-state index >= 15 is 0 Å². The molecule has 23 heavy (non-hydrogen) atoms. The van der Waals surface area contributed by atoms with E-state index < -0.39 is 11.9 Å². The summed E-state index contributed by atoms with van der Waals surface area (Å²) in [6, 6.07) is 0. The third-order valence-electron chi connectivity index (χ3n) is 3.16. The van der Waals surface area contributed by atoms with E-state index in [-0.39, 0.29) is 30.5 Å². The zero-order valence-electron chi connectivity index (χ0n) is 13.7. The third-order valence-corrected chi connectivity index (χ3v) is 3.16. The molecule has 0 amide bonds. The molecule has 0 saturated heterocycles. The Morgan fingerprint density at radius 2 is 2.09 bits per heavy atom. The van der Waals surface area contributed by atoms with Gasteiger partial charge in [0.25, 0.3) is 0 Å². The maximum Gasteiger partial charge on any atom is 0.334 e. The van der Waals surface area contributed by atoms with Crippen LogP contribution in [0.2, 0.25) is 0 Å². The molecule has 1 heterocycles. The highest BCUT2D eigenvalue weighted by Crippen LogP contribution is 2.11. The van der Waals surface area contributed by atoms with Crippen LogP contribution >= 0.6 is 0 Å². The molecule has 1 unspecified atom stereocenters. The number of hydrogen-bond donors (Lipinski definition) is 1. The Hall–Kier alpha value is -2.25. The van der Waals surface area contributed by atoms with Gasteiger partial charge >= 0.3 is 11.9 Å². The fourth-order valence-electron chi connectivity index (χ4n) is 1.91. The summed E-state index contributed by atoms with van der Waals surface area (Å²) in [5, 5.41) is 12.9. The number of nitrogens with one attached hydrogen (secondary N) is 1. The average Bonchev–Trinajstić information content (AvgIpc) is 3.02. The van der Waals surface area contributed by atoms with Crippen molar-refractivity contribution >= 4 is 11.9 Å². The SMILES string of the molecule is C=C(CC(=O)OC(C)CCCCCC)C(=O)OCc1nn[nH]n1. The molecule has 0 radical (unpaired) electrons. The fraction of sp³-hybridized carbons (Fsp3) is 0.667. The minimum atomic E-state index is -0.678. The molecule has 128 valence electrons. The van der Waals surface area contributed by atoms with E-state index in [1.54, 1.807) is 0 Å². The van der Waals surface area contributed by atoms with Crippen LogP contribution in [-0.2, 0) is 25.7 Å². The number of aromatic amines is 1. The van der Waals surface area contributed by atoms with Gasteiger partial charge in [-0.25, -0.2) is 4.79 Å². The van der Waals surface area contributed by atoms with Gasteiger partial charge in [-0.05, 0) is 19.8 Å². The molecule has 1 atom stereocenters. The number of H-pyrrole nitrogens is 1. The van der Waals surface area contributed by atoms with Gasteiger partial charge in [0.2, 0.25) is 5.82 Å². The first-order chi connectivity index (χ1) is 11.0. The molecule has 0 aliphatic carbocycles. The number of tetrazole rings is 1. The number of esters is 2. The highest BCUT2D eigenvalue weighted by molar-refractivity contribution is 5.93. The first kappa shape index (κ1) is 18.8. The molecule has 1 rings (SSSR count). The highest BCUT2D eigenvalue weighted by Gasteiger charge is 2.17. The number of carbonyl (C=O) groups excluding carboxylic acids is 2. The molecule has 8 heteroatoms. The molecule has 0 spiro atoms. The van der Waals surface area contributed by atoms with Gasteiger partial charge < -0.3 is 9.47 Å². The lowest BCUT2D eigenvalue weighted by Gasteiger charge is -2.13. The lowest BCUT2D eigenvalue weighted by atomic mass is 10.1. The van der Waals surface area contributed by atoms with Crippen molar-refractivity contribution in [3.8, 4) is 0 Å². The van der Waals surface area contributed by atoms with Gasteiger partial charge in [0.1, 0.15) is 0 Å². The van der Waals surface area contributed by atoms with E-state index in [1.165, 1.54) is 12.8 Å². The van der Waals surface area contributed by atoms with Gasteiger partial charge in [0.15, 0.2) is 6.61 Å². The Balaban J connectivity index is 2.21. The first-order valence-electron chi connectivity index (χ1n) is 7.79. The van der Waals surface area contributed by atoms with Gasteiger partial charge in [-0.3, -0.25) is 4.79 Å². The minimum absolute atomic E-state index is 0.0386. The summed E-state index contributed by atoms with van der Waals surface area (Å²) >= 11 is 0. The van der Waals surface area contributed by atoms with Gasteiger partial charge in [-0.2, -0.15) is 5.21 Å². The van der Waals surface area contributed by atoms with E-state index in [0.717, 1.165) is 19.3 Å². The Labute approximate surface area is 135 Å². The quantitative estimate of drug-likeness (QED) is 0.377. The maximum absolute atomic E-state index is 11.8. The second-order valence-electron chi connectivity index (χ2n) is 5.33. The summed E-state index contributed by atoms with van der Waals surface area (Å²) in [5.74, 6) is -0.911. The average molecular weight is 324 g/mol. The summed E-state index contributed by atoms with van der Waals surface area (Å²) in [4.78, 5) is 23.4. The summed E-state index contributed by atoms with van der Waals surface area (Å²) in [6.45, 7) is 7.42. The van der Waals surface area contributed by atoms with E-state index in [0.29, 0.717) is 0 Å². The van der Waals surface area contributed by atoms with Crippen molar-refractivity contribution in [1.29, 1.82) is 0 Å². The second kappa shape index (κ2) is 10.5. The van der Waals surface area contributed by atoms with Crippen molar-refractivity contribution in [1.82, 2.24) is 20.6 Å². The van der Waals surface area contributed by atoms with Gasteiger partial charge in [0.05, 0.1) is 12.5 Å². The van der Waals surface area contributed by atoms with E-state index in [2.05, 4.69) is 34.1 Å². The molecule has 0 saturated carbocycles. The van der Waals surface area contributed by atoms with Crippen molar-refractivity contribution < 1.29 is 19.1 Å². The Morgan fingerprint density at radius 3 is 2.74 bits per heavy atom. The molecule has 0 fully saturated rings. The lowest BCUT2D eigenvalue weighted by Crippen LogP contribution is -2.18. The Kier molecular flexibility index (Phi) is 8.56. The number of unbranched alkanes of at least 4 members (excludes halogenated alkanes) is 3. The number of carbonyl (C=O) groups is 2. The molecule has 0 aliphatic heterocycles. The van der Waals surface area contributed by atoms with Gasteiger partial charge in [-0.15, -0.1) is 10.2 Å². The second-order valence-corrected chi connectivity index (χ2v) is 5.33. The Bertz CT molecular complexity index is 502. The Morgan fingerprint density at radius 1 is 1.30 bits per heavy atom. The van der Waals surface area contributed by atoms with Crippen molar-refractivity contribution in [2.24, 2.45) is 0 Å². The molecular weight excluding hydrogens is 300 g/mol. The third kappa shape index (κ3) is 8.08. The molecule has 0 aliphatic rings. The first-order valence-corrected chi connectivity index (χ1v) is 7.79. The molecule has 1 aromatic heterocycles. The van der Waals surface area contributed by atoms with Crippen LogP contribution in [0.15, 0.2) is 12.2 Å². The summed E-state index contributed by atoms with van der Waals surface area (Å²) in [7, 11) is 0. The standard InChI is InChI=1S/C15H24N4O4/c1-4-5-6-7-8-12(3)23-14(20)9-11(2)15(21)22-10-13-16-18-19-17-13/h12H,2,4-10H2,1,3H3,(H,16,17,18,19). The van der Waals surface area contributed by atoms with Crippen molar-refractivity contribution in [3.05, 3.63) is 18.0 Å². The summed E-state index contributed by atoms with van der Waals surface area (Å²) in [6.07, 6.45) is 4.97. The number of ether oxygens (including phenoxy) is 2. The predicted octanol–water partition coefficient (Wildman–Crippen LogP) is 2.09. The van der Waals surface area contributed by atoms with Gasteiger partial charge in [-0.1, -0.05) is 38.0 Å². The zero-order chi connectivity index (χ0) is 17.1. The molecule has 1 aromatic rings. The molecule has 0 aromatic carbocycles. The summed E-state index contributed by atoms with van der Waals surface area (Å²) in [5.41, 5.74) is 0.0386. The van der Waals surface area contributed by atoms with E-state index in [4.69, 9.17) is 9.47 Å². The van der Waals surface area contributed by atoms with Crippen molar-refractivity contribution in [2.45, 2.75) is 65.1 Å². The molecule has 8 nitrogen and oxygen atoms in total. The van der Waals surface area contributed by atoms with Crippen LogP contribution in [0.4, 0.5) is 0 Å². The van der Waals surface area contributed by atoms with Crippen molar-refractivity contribution in [3.63, 3.8) is 0 Å². The number of aromatic nitrogens is 4. The maximum atomic E-state index is 11.8. The molecule has 0 bridgehead atoms. The topological polar surface area (TPSA) is 107 Å². The predicted molar refractivity (Wildman–Crippen MR) is 82.0 cm³/mol. The van der Waals surface area contributed by atoms with Crippen LogP contribution in [0.3, 0.4) is 0 Å². The van der Waals surface area contributed by atoms with Crippen LogP contribution in [0.5, 0.6) is 0 Å². The smallest absolute Gasteiger partial charge is 0.334 e. The monoisotopic (exact) mass is 324 g/mol. The van der Waals surface area contributed by atoms with E-state index in [1.807, 2.05) is 6.92 Å². The molecular formula is C15H24N4O4. The van der Waals surface area contributed by atoms with Gasteiger partial charge in [0, 0.05) is 5.57 Å². The van der Waals surface area contributed by atoms with Crippen LogP contribution in [-0.4, -0.2) is 38.7 Å². The largest absolute Gasteiger partial charge is 0.462 e. The minimum Gasteiger partial charge on any atom is -0.462 e. The summed E-state index contributed by atoms with van der Waals surface area (Å²) < 4.78 is 10.2. The van der Waals surface area contributed by atoms with E-state index in [9.17, 15) is 9.59 Å². The zero-order valence-corrected chi connectivity index (χ0v) is 13.7. The van der Waals surface area contributed by atoms with Crippen LogP contribution < -0.4 is 0 Å². The normalized spacial score (nSPS) is 11.7. The number of nitrogens with zero attached hydrogens (tertiary/aromatic N) is 3. The van der Waals surface area contributed by atoms with Crippen LogP contribution in [0.25, 0.3) is 0 Å². The number of rotatable bonds is 11. The van der Waals surface area contributed by atoms with Crippen molar-refractivity contribution in [2.75, 3.05) is 0 Å².